The van der Waals surface area contributed by atoms with Gasteiger partial charge in [0.05, 0.1) is 12.7 Å². The van der Waals surface area contributed by atoms with Crippen LogP contribution in [0.5, 0.6) is 0 Å². The van der Waals surface area contributed by atoms with Crippen molar-refractivity contribution in [3.63, 3.8) is 0 Å². The van der Waals surface area contributed by atoms with E-state index in [4.69, 9.17) is 15.8 Å². The van der Waals surface area contributed by atoms with Crippen molar-refractivity contribution in [3.8, 4) is 6.07 Å². The number of methoxy groups -OCH3 is 1. The van der Waals surface area contributed by atoms with E-state index >= 15 is 0 Å². The van der Waals surface area contributed by atoms with Gasteiger partial charge in [0.1, 0.15) is 6.04 Å². The lowest BCUT2D eigenvalue weighted by Crippen LogP contribution is -2.50. The minimum absolute atomic E-state index is 0.255. The summed E-state index contributed by atoms with van der Waals surface area (Å²) >= 11 is 0. The van der Waals surface area contributed by atoms with Gasteiger partial charge in [0.25, 0.3) is 5.91 Å². The number of nitrogens with zero attached hydrogens (tertiary/aromatic N) is 2. The van der Waals surface area contributed by atoms with Crippen LogP contribution < -0.4 is 11.3 Å². The number of hydrogen-bond acceptors (Lipinski definition) is 5. The molecule has 6 heteroatoms. The van der Waals surface area contributed by atoms with E-state index in [1.54, 1.807) is 11.9 Å². The van der Waals surface area contributed by atoms with E-state index < -0.39 is 6.04 Å². The molecule has 0 aromatic rings. The third kappa shape index (κ3) is 4.18. The molecule has 0 aliphatic carbocycles. The predicted molar refractivity (Wildman–Crippen MR) is 50.9 cm³/mol. The molecule has 0 aliphatic heterocycles. The average molecular weight is 200 g/mol. The number of rotatable bonds is 6. The molecule has 0 aromatic heterocycles. The Labute approximate surface area is 83.6 Å². The Bertz CT molecular complexity index is 214. The fourth-order valence-electron chi connectivity index (χ4n) is 1.04. The normalized spacial score (nSPS) is 12.2. The van der Waals surface area contributed by atoms with Crippen LogP contribution in [0.3, 0.4) is 0 Å². The van der Waals surface area contributed by atoms with Gasteiger partial charge in [-0.05, 0) is 7.05 Å². The summed E-state index contributed by atoms with van der Waals surface area (Å²) in [5, 5.41) is 8.39. The third-order valence-electron chi connectivity index (χ3n) is 1.88. The molecular weight excluding hydrogens is 184 g/mol. The van der Waals surface area contributed by atoms with Crippen molar-refractivity contribution >= 4 is 5.91 Å². The molecule has 3 N–H and O–H groups in total. The van der Waals surface area contributed by atoms with E-state index in [0.29, 0.717) is 13.0 Å². The highest BCUT2D eigenvalue weighted by Gasteiger charge is 2.21. The average Bonchev–Trinajstić information content (AvgIpc) is 2.21. The maximum absolute atomic E-state index is 11.3. The van der Waals surface area contributed by atoms with Crippen LogP contribution in [0.25, 0.3) is 0 Å². The van der Waals surface area contributed by atoms with Crippen LogP contribution >= 0.6 is 0 Å². The Hall–Kier alpha value is -1.16. The quantitative estimate of drug-likeness (QED) is 0.320. The van der Waals surface area contributed by atoms with Gasteiger partial charge in [0, 0.05) is 20.1 Å². The molecule has 0 fully saturated rings. The number of likely N-dealkylation sites (N-methyl/N-ethyl adjacent to an activating group) is 1. The number of amides is 1. The van der Waals surface area contributed by atoms with E-state index in [9.17, 15) is 4.79 Å². The van der Waals surface area contributed by atoms with Crippen molar-refractivity contribution in [2.45, 2.75) is 12.5 Å². The molecule has 80 valence electrons. The van der Waals surface area contributed by atoms with Gasteiger partial charge in [0.15, 0.2) is 0 Å². The highest BCUT2D eigenvalue weighted by molar-refractivity contribution is 5.81. The fraction of sp³-hybridized carbons (Fsp3) is 0.750. The fourth-order valence-corrected chi connectivity index (χ4v) is 1.04. The number of hydrazine groups is 1. The van der Waals surface area contributed by atoms with Crippen molar-refractivity contribution in [3.05, 3.63) is 0 Å². The summed E-state index contributed by atoms with van der Waals surface area (Å²) in [6.45, 7) is 0.767. The second-order valence-corrected chi connectivity index (χ2v) is 2.87. The summed E-state index contributed by atoms with van der Waals surface area (Å²) in [6.07, 6.45) is 0.370. The van der Waals surface area contributed by atoms with Gasteiger partial charge >= 0.3 is 0 Å². The third-order valence-corrected chi connectivity index (χ3v) is 1.88. The summed E-state index contributed by atoms with van der Waals surface area (Å²) in [5.74, 6) is 4.71. The van der Waals surface area contributed by atoms with Crippen LogP contribution in [0.15, 0.2) is 0 Å². The SMILES string of the molecule is COCC(C(=O)NN)N(C)CCC#N. The largest absolute Gasteiger partial charge is 0.383 e. The number of nitrogens with two attached hydrogens (primary N) is 1. The molecule has 0 saturated heterocycles. The zero-order valence-corrected chi connectivity index (χ0v) is 8.49. The number of carbonyl (C=O) groups is 1. The van der Waals surface area contributed by atoms with Gasteiger partial charge < -0.3 is 4.74 Å². The molecule has 0 bridgehead atoms. The van der Waals surface area contributed by atoms with Crippen LogP contribution in [0.2, 0.25) is 0 Å². The Morgan fingerprint density at radius 2 is 2.43 bits per heavy atom. The van der Waals surface area contributed by atoms with Crippen molar-refractivity contribution < 1.29 is 9.53 Å². The van der Waals surface area contributed by atoms with Gasteiger partial charge in [-0.15, -0.1) is 0 Å². The second-order valence-electron chi connectivity index (χ2n) is 2.87. The minimum atomic E-state index is -0.446. The topological polar surface area (TPSA) is 91.4 Å². The summed E-state index contributed by atoms with van der Waals surface area (Å²) in [5.41, 5.74) is 2.06. The van der Waals surface area contributed by atoms with Gasteiger partial charge in [-0.3, -0.25) is 15.1 Å². The Balaban J connectivity index is 4.18. The molecule has 1 amide bonds. The van der Waals surface area contributed by atoms with Crippen LogP contribution in [0, 0.1) is 11.3 Å². The first-order valence-corrected chi connectivity index (χ1v) is 4.24. The maximum atomic E-state index is 11.3. The molecule has 0 radical (unpaired) electrons. The van der Waals surface area contributed by atoms with E-state index in [0.717, 1.165) is 0 Å². The lowest BCUT2D eigenvalue weighted by molar-refractivity contribution is -0.127. The Morgan fingerprint density at radius 3 is 2.86 bits per heavy atom. The molecule has 1 unspecified atom stereocenters. The molecule has 14 heavy (non-hydrogen) atoms. The van der Waals surface area contributed by atoms with Gasteiger partial charge in [-0.2, -0.15) is 5.26 Å². The standard InChI is InChI=1S/C8H16N4O2/c1-12(5-3-4-9)7(6-14-2)8(13)11-10/h7H,3,5-6,10H2,1-2H3,(H,11,13). The zero-order chi connectivity index (χ0) is 11.0. The zero-order valence-electron chi connectivity index (χ0n) is 8.49. The number of ether oxygens (including phenoxy) is 1. The van der Waals surface area contributed by atoms with Crippen molar-refractivity contribution in [1.82, 2.24) is 10.3 Å². The van der Waals surface area contributed by atoms with Crippen LogP contribution in [0.1, 0.15) is 6.42 Å². The number of hydrogen-bond donors (Lipinski definition) is 2. The first-order chi connectivity index (χ1) is 6.67. The highest BCUT2D eigenvalue weighted by Crippen LogP contribution is 1.98. The smallest absolute Gasteiger partial charge is 0.253 e. The Morgan fingerprint density at radius 1 is 1.79 bits per heavy atom. The molecule has 0 heterocycles. The molecule has 0 saturated carbocycles. The van der Waals surface area contributed by atoms with Crippen LogP contribution in [0.4, 0.5) is 0 Å². The monoisotopic (exact) mass is 200 g/mol. The van der Waals surface area contributed by atoms with Gasteiger partial charge in [-0.25, -0.2) is 5.84 Å². The van der Waals surface area contributed by atoms with Crippen molar-refractivity contribution in [1.29, 1.82) is 5.26 Å². The molecule has 0 aliphatic rings. The van der Waals surface area contributed by atoms with Gasteiger partial charge in [-0.1, -0.05) is 0 Å². The van der Waals surface area contributed by atoms with Gasteiger partial charge in [0.2, 0.25) is 0 Å². The molecular formula is C8H16N4O2. The molecule has 0 rings (SSSR count). The highest BCUT2D eigenvalue weighted by atomic mass is 16.5. The lowest BCUT2D eigenvalue weighted by atomic mass is 10.2. The maximum Gasteiger partial charge on any atom is 0.253 e. The van der Waals surface area contributed by atoms with E-state index in [-0.39, 0.29) is 12.5 Å². The van der Waals surface area contributed by atoms with Crippen LogP contribution in [-0.2, 0) is 9.53 Å². The first kappa shape index (κ1) is 12.8. The molecule has 1 atom stereocenters. The van der Waals surface area contributed by atoms with Crippen molar-refractivity contribution in [2.24, 2.45) is 5.84 Å². The Kier molecular flexibility index (Phi) is 6.66. The molecule has 6 nitrogen and oxygen atoms in total. The van der Waals surface area contributed by atoms with E-state index in [1.807, 2.05) is 6.07 Å². The first-order valence-electron chi connectivity index (χ1n) is 4.24. The molecule has 0 spiro atoms. The molecule has 0 aromatic carbocycles. The van der Waals surface area contributed by atoms with Crippen LogP contribution in [-0.4, -0.2) is 44.2 Å². The summed E-state index contributed by atoms with van der Waals surface area (Å²) in [7, 11) is 3.26. The minimum Gasteiger partial charge on any atom is -0.383 e. The predicted octanol–water partition coefficient (Wildman–Crippen LogP) is -1.16. The summed E-state index contributed by atoms with van der Waals surface area (Å²) in [4.78, 5) is 13.0. The van der Waals surface area contributed by atoms with E-state index in [2.05, 4.69) is 5.43 Å². The van der Waals surface area contributed by atoms with Crippen molar-refractivity contribution in [2.75, 3.05) is 27.3 Å². The second kappa shape index (κ2) is 7.26. The number of nitriles is 1. The lowest BCUT2D eigenvalue weighted by Gasteiger charge is -2.24. The number of carbonyl (C=O) groups excluding carboxylic acids is 1. The summed E-state index contributed by atoms with van der Waals surface area (Å²) < 4.78 is 4.89. The number of nitrogens with one attached hydrogen (secondary N) is 1. The summed E-state index contributed by atoms with van der Waals surface area (Å²) in [6, 6.07) is 1.56. The van der Waals surface area contributed by atoms with E-state index in [1.165, 1.54) is 7.11 Å².